The van der Waals surface area contributed by atoms with Gasteiger partial charge in [0, 0.05) is 13.1 Å². The first kappa shape index (κ1) is 13.3. The first-order chi connectivity index (χ1) is 9.69. The molecule has 1 aliphatic heterocycles. The summed E-state index contributed by atoms with van der Waals surface area (Å²) in [7, 11) is 0. The van der Waals surface area contributed by atoms with Crippen molar-refractivity contribution in [3.63, 3.8) is 0 Å². The summed E-state index contributed by atoms with van der Waals surface area (Å²) in [5.74, 6) is 0.338. The van der Waals surface area contributed by atoms with Crippen LogP contribution in [-0.4, -0.2) is 29.2 Å². The van der Waals surface area contributed by atoms with Crippen molar-refractivity contribution in [3.8, 4) is 0 Å². The van der Waals surface area contributed by atoms with Gasteiger partial charge in [0.25, 0.3) is 5.91 Å². The molecule has 2 aliphatic rings. The lowest BCUT2D eigenvalue weighted by Gasteiger charge is -2.44. The average Bonchev–Trinajstić information content (AvgIpc) is 2.49. The number of anilines is 1. The van der Waals surface area contributed by atoms with Crippen LogP contribution in [0.15, 0.2) is 12.1 Å². The molecule has 5 nitrogen and oxygen atoms in total. The van der Waals surface area contributed by atoms with Crippen LogP contribution in [0.2, 0.25) is 0 Å². The molecule has 0 aromatic carbocycles. The van der Waals surface area contributed by atoms with Crippen LogP contribution in [0.5, 0.6) is 0 Å². The van der Waals surface area contributed by atoms with Gasteiger partial charge in [-0.2, -0.15) is 0 Å². The molecule has 20 heavy (non-hydrogen) atoms. The molecule has 0 radical (unpaired) electrons. The number of carbonyl (C=O) groups is 1. The Morgan fingerprint density at radius 2 is 1.75 bits per heavy atom. The number of nitrogens with two attached hydrogens (primary N) is 1. The summed E-state index contributed by atoms with van der Waals surface area (Å²) in [6.45, 7) is 2.09. The van der Waals surface area contributed by atoms with E-state index in [-0.39, 0.29) is 5.69 Å². The minimum atomic E-state index is -0.524. The third kappa shape index (κ3) is 2.62. The van der Waals surface area contributed by atoms with E-state index in [9.17, 15) is 4.79 Å². The highest BCUT2D eigenvalue weighted by Crippen LogP contribution is 2.44. The van der Waals surface area contributed by atoms with Gasteiger partial charge in [-0.3, -0.25) is 4.79 Å². The molecule has 2 N–H and O–H groups in total. The molecule has 1 aliphatic carbocycles. The Bertz CT molecular complexity index is 469. The summed E-state index contributed by atoms with van der Waals surface area (Å²) in [5.41, 5.74) is 6.00. The highest BCUT2D eigenvalue weighted by molar-refractivity contribution is 5.90. The van der Waals surface area contributed by atoms with Gasteiger partial charge in [-0.25, -0.2) is 0 Å². The first-order valence-corrected chi connectivity index (χ1v) is 7.57. The van der Waals surface area contributed by atoms with E-state index in [1.165, 1.54) is 44.9 Å². The molecule has 1 saturated carbocycles. The van der Waals surface area contributed by atoms with Crippen molar-refractivity contribution in [1.29, 1.82) is 0 Å². The molecule has 2 fully saturated rings. The Balaban J connectivity index is 1.64. The Kier molecular flexibility index (Phi) is 3.59. The van der Waals surface area contributed by atoms with Gasteiger partial charge < -0.3 is 10.6 Å². The van der Waals surface area contributed by atoms with Crippen LogP contribution in [0.3, 0.4) is 0 Å². The van der Waals surface area contributed by atoms with Crippen LogP contribution in [0.1, 0.15) is 55.4 Å². The highest BCUT2D eigenvalue weighted by atomic mass is 16.1. The van der Waals surface area contributed by atoms with E-state index in [4.69, 9.17) is 5.73 Å². The van der Waals surface area contributed by atoms with Crippen molar-refractivity contribution < 1.29 is 4.79 Å². The van der Waals surface area contributed by atoms with Crippen molar-refractivity contribution in [2.75, 3.05) is 18.0 Å². The quantitative estimate of drug-likeness (QED) is 0.896. The Morgan fingerprint density at radius 1 is 1.05 bits per heavy atom. The molecular weight excluding hydrogens is 252 g/mol. The van der Waals surface area contributed by atoms with E-state index in [0.29, 0.717) is 5.41 Å². The van der Waals surface area contributed by atoms with Crippen LogP contribution < -0.4 is 10.6 Å². The van der Waals surface area contributed by atoms with Crippen LogP contribution >= 0.6 is 0 Å². The lowest BCUT2D eigenvalue weighted by atomic mass is 9.68. The van der Waals surface area contributed by atoms with Crippen LogP contribution in [-0.2, 0) is 0 Å². The number of nitrogens with zero attached hydrogens (tertiary/aromatic N) is 3. The molecule has 1 aromatic rings. The fraction of sp³-hybridized carbons (Fsp3) is 0.667. The normalized spacial score (nSPS) is 21.9. The van der Waals surface area contributed by atoms with Gasteiger partial charge in [-0.15, -0.1) is 10.2 Å². The largest absolute Gasteiger partial charge is 0.364 e. The lowest BCUT2D eigenvalue weighted by Crippen LogP contribution is -2.41. The van der Waals surface area contributed by atoms with Gasteiger partial charge in [-0.1, -0.05) is 19.3 Å². The zero-order valence-corrected chi connectivity index (χ0v) is 11.8. The molecule has 5 heteroatoms. The van der Waals surface area contributed by atoms with Gasteiger partial charge >= 0.3 is 0 Å². The van der Waals surface area contributed by atoms with E-state index in [2.05, 4.69) is 15.1 Å². The number of hydrogen-bond donors (Lipinski definition) is 1. The van der Waals surface area contributed by atoms with E-state index in [0.717, 1.165) is 18.9 Å². The maximum Gasteiger partial charge on any atom is 0.269 e. The summed E-state index contributed by atoms with van der Waals surface area (Å²) in [4.78, 5) is 13.3. The Hall–Kier alpha value is -1.65. The van der Waals surface area contributed by atoms with Gasteiger partial charge in [0.1, 0.15) is 0 Å². The van der Waals surface area contributed by atoms with Crippen LogP contribution in [0.25, 0.3) is 0 Å². The molecule has 2 heterocycles. The predicted octanol–water partition coefficient (Wildman–Crippen LogP) is 2.13. The summed E-state index contributed by atoms with van der Waals surface area (Å²) in [6.07, 6.45) is 9.50. The van der Waals surface area contributed by atoms with Gasteiger partial charge in [0.05, 0.1) is 0 Å². The van der Waals surface area contributed by atoms with Crippen molar-refractivity contribution in [3.05, 3.63) is 17.8 Å². The molecule has 0 unspecified atom stereocenters. The molecular formula is C15H22N4O. The number of primary amides is 1. The SMILES string of the molecule is NC(=O)c1ccc(N2CCC3(CCCCC3)CC2)nn1. The molecule has 0 atom stereocenters. The van der Waals surface area contributed by atoms with E-state index in [1.54, 1.807) is 6.07 Å². The molecule has 3 rings (SSSR count). The summed E-state index contributed by atoms with van der Waals surface area (Å²) in [6, 6.07) is 3.52. The van der Waals surface area contributed by atoms with E-state index >= 15 is 0 Å². The van der Waals surface area contributed by atoms with Gasteiger partial charge in [-0.05, 0) is 43.2 Å². The van der Waals surface area contributed by atoms with E-state index in [1.807, 2.05) is 6.07 Å². The van der Waals surface area contributed by atoms with E-state index < -0.39 is 5.91 Å². The molecule has 1 aromatic heterocycles. The van der Waals surface area contributed by atoms with Crippen molar-refractivity contribution in [1.82, 2.24) is 10.2 Å². The molecule has 108 valence electrons. The number of aromatic nitrogens is 2. The Labute approximate surface area is 119 Å². The Morgan fingerprint density at radius 3 is 2.30 bits per heavy atom. The minimum Gasteiger partial charge on any atom is -0.364 e. The van der Waals surface area contributed by atoms with Crippen LogP contribution in [0, 0.1) is 5.41 Å². The third-order valence-electron chi connectivity index (χ3n) is 4.97. The maximum absolute atomic E-state index is 11.0. The molecule has 1 amide bonds. The highest BCUT2D eigenvalue weighted by Gasteiger charge is 2.35. The zero-order valence-electron chi connectivity index (χ0n) is 11.8. The van der Waals surface area contributed by atoms with Crippen molar-refractivity contribution in [2.24, 2.45) is 11.1 Å². The number of carbonyl (C=O) groups excluding carboxylic acids is 1. The maximum atomic E-state index is 11.0. The molecule has 0 bridgehead atoms. The smallest absolute Gasteiger partial charge is 0.269 e. The molecule has 1 spiro atoms. The lowest BCUT2D eigenvalue weighted by molar-refractivity contribution is 0.0994. The number of rotatable bonds is 2. The number of hydrogen-bond acceptors (Lipinski definition) is 4. The first-order valence-electron chi connectivity index (χ1n) is 7.57. The monoisotopic (exact) mass is 274 g/mol. The second-order valence-electron chi connectivity index (χ2n) is 6.19. The fourth-order valence-electron chi connectivity index (χ4n) is 3.64. The topological polar surface area (TPSA) is 72.1 Å². The van der Waals surface area contributed by atoms with Crippen LogP contribution in [0.4, 0.5) is 5.82 Å². The van der Waals surface area contributed by atoms with Gasteiger partial charge in [0.15, 0.2) is 11.5 Å². The summed E-state index contributed by atoms with van der Waals surface area (Å²) in [5, 5.41) is 8.02. The number of amides is 1. The second-order valence-corrected chi connectivity index (χ2v) is 6.19. The third-order valence-corrected chi connectivity index (χ3v) is 4.97. The predicted molar refractivity (Wildman–Crippen MR) is 77.5 cm³/mol. The molecule has 1 saturated heterocycles. The standard InChI is InChI=1S/C15H22N4O/c16-14(20)12-4-5-13(18-17-12)19-10-8-15(9-11-19)6-2-1-3-7-15/h4-5H,1-3,6-11H2,(H2,16,20). The van der Waals surface area contributed by atoms with Crippen molar-refractivity contribution >= 4 is 11.7 Å². The van der Waals surface area contributed by atoms with Gasteiger partial charge in [0.2, 0.25) is 0 Å². The number of piperidine rings is 1. The summed E-state index contributed by atoms with van der Waals surface area (Å²) < 4.78 is 0. The minimum absolute atomic E-state index is 0.231. The van der Waals surface area contributed by atoms with Crippen molar-refractivity contribution in [2.45, 2.75) is 44.9 Å². The average molecular weight is 274 g/mol. The fourth-order valence-corrected chi connectivity index (χ4v) is 3.64. The second kappa shape index (κ2) is 5.38. The zero-order chi connectivity index (χ0) is 14.0. The summed E-state index contributed by atoms with van der Waals surface area (Å²) >= 11 is 0.